The van der Waals surface area contributed by atoms with Crippen molar-refractivity contribution in [3.05, 3.63) is 143 Å². The van der Waals surface area contributed by atoms with Crippen LogP contribution in [-0.2, 0) is 49.6 Å². The molecule has 0 heterocycles. The molecular weight excluding hydrogens is 563 g/mol. The first-order valence-electron chi connectivity index (χ1n) is 14.3. The summed E-state index contributed by atoms with van der Waals surface area (Å²) < 4.78 is 17.1. The topological polar surface area (TPSA) is 102 Å². The molecule has 8 heteroatoms. The molecule has 0 amide bonds. The molecule has 0 aromatic heterocycles. The first-order chi connectivity index (χ1) is 20.7. The van der Waals surface area contributed by atoms with Crippen LogP contribution < -0.4 is 0 Å². The monoisotopic (exact) mass is 602 g/mol. The van der Waals surface area contributed by atoms with E-state index in [1.165, 1.54) is 0 Å². The van der Waals surface area contributed by atoms with E-state index in [1.54, 1.807) is 0 Å². The second-order valence-electron chi connectivity index (χ2n) is 10.9. The van der Waals surface area contributed by atoms with Crippen molar-refractivity contribution in [3.8, 4) is 0 Å². The average Bonchev–Trinajstić information content (AvgIpc) is 3.03. The van der Waals surface area contributed by atoms with Crippen molar-refractivity contribution in [2.45, 2.75) is 45.7 Å². The molecule has 4 aromatic carbocycles. The number of hydrogen-bond acceptors (Lipinski definition) is 7. The zero-order valence-electron chi connectivity index (χ0n) is 24.4. The van der Waals surface area contributed by atoms with Gasteiger partial charge in [0.25, 0.3) is 0 Å². The Kier molecular flexibility index (Phi) is 11.2. The summed E-state index contributed by atoms with van der Waals surface area (Å²) in [6, 6.07) is 35.1. The molecule has 0 bridgehead atoms. The van der Waals surface area contributed by atoms with Gasteiger partial charge < -0.3 is 0 Å². The number of carbonyl (C=O) groups excluding carboxylic acids is 2. The van der Waals surface area contributed by atoms with E-state index in [0.717, 1.165) is 22.3 Å². The number of esters is 2. The van der Waals surface area contributed by atoms with Crippen molar-refractivity contribution >= 4 is 19.2 Å². The predicted octanol–water partition coefficient (Wildman–Crippen LogP) is 6.88. The molecule has 0 saturated heterocycles. The minimum absolute atomic E-state index is 0.00284. The van der Waals surface area contributed by atoms with Crippen LogP contribution in [0.4, 0.5) is 0 Å². The Hall–Kier alpha value is -3.87. The van der Waals surface area contributed by atoms with Crippen LogP contribution in [0.2, 0.25) is 0 Å². The van der Waals surface area contributed by atoms with Gasteiger partial charge in [0.2, 0.25) is 0 Å². The molecule has 4 aromatic rings. The first kappa shape index (κ1) is 32.1. The van der Waals surface area contributed by atoms with Crippen molar-refractivity contribution in [2.24, 2.45) is 5.92 Å². The first-order valence-corrected chi connectivity index (χ1v) is 16.8. The van der Waals surface area contributed by atoms with E-state index in [4.69, 9.17) is 14.0 Å². The van der Waals surface area contributed by atoms with E-state index in [-0.39, 0.29) is 38.8 Å². The van der Waals surface area contributed by atoms with Crippen LogP contribution >= 0.6 is 7.28 Å². The molecule has 2 N–H and O–H groups in total. The van der Waals surface area contributed by atoms with Crippen molar-refractivity contribution in [2.75, 3.05) is 6.16 Å². The summed E-state index contributed by atoms with van der Waals surface area (Å²) >= 11 is 0. The number of rotatable bonds is 15. The normalized spacial score (nSPS) is 13.0. The Bertz CT molecular complexity index is 1440. The van der Waals surface area contributed by atoms with Gasteiger partial charge in [0, 0.05) is 0 Å². The van der Waals surface area contributed by atoms with E-state index in [9.17, 15) is 19.4 Å². The number of ether oxygens (including phenoxy) is 2. The van der Waals surface area contributed by atoms with Gasteiger partial charge in [0.1, 0.15) is 0 Å². The van der Waals surface area contributed by atoms with E-state index in [2.05, 4.69) is 0 Å². The van der Waals surface area contributed by atoms with Gasteiger partial charge in [0.05, 0.1) is 0 Å². The van der Waals surface area contributed by atoms with Gasteiger partial charge in [-0.25, -0.2) is 0 Å². The van der Waals surface area contributed by atoms with Crippen LogP contribution in [-0.4, -0.2) is 27.9 Å². The summed E-state index contributed by atoms with van der Waals surface area (Å²) in [5, 5.41) is 0. The summed E-state index contributed by atoms with van der Waals surface area (Å²) in [7, 11) is -5.02. The standard InChI is InChI=1S/C35H39O7P/c1-28-17-19-32(20-18-28)26-43(38,39,42-25-31-15-9-4-10-16-31)27-33(35(37)41-24-30-13-7-3-8-14-30)21-22-34(36)40-23-29-11-5-2-6-12-29/h2-20,33,38-39H,21-27H2,1H3. The predicted molar refractivity (Wildman–Crippen MR) is 168 cm³/mol. The Labute approximate surface area is 253 Å². The van der Waals surface area contributed by atoms with E-state index in [1.807, 2.05) is 122 Å². The van der Waals surface area contributed by atoms with Crippen molar-refractivity contribution in [1.29, 1.82) is 0 Å². The fraction of sp³-hybridized carbons (Fsp3) is 0.257. The maximum atomic E-state index is 13.5. The summed E-state index contributed by atoms with van der Waals surface area (Å²) in [6.45, 7) is 2.02. The molecule has 226 valence electrons. The molecule has 43 heavy (non-hydrogen) atoms. The van der Waals surface area contributed by atoms with Crippen LogP contribution in [0, 0.1) is 12.8 Å². The number of carbonyl (C=O) groups is 2. The molecule has 0 aliphatic rings. The van der Waals surface area contributed by atoms with Crippen molar-refractivity contribution < 1.29 is 33.4 Å². The van der Waals surface area contributed by atoms with Crippen LogP contribution in [0.5, 0.6) is 0 Å². The van der Waals surface area contributed by atoms with Crippen LogP contribution in [0.1, 0.15) is 40.7 Å². The van der Waals surface area contributed by atoms with Gasteiger partial charge >= 0.3 is 254 Å². The number of hydrogen-bond donors (Lipinski definition) is 2. The minimum atomic E-state index is -5.02. The Balaban J connectivity index is 1.53. The molecule has 4 rings (SSSR count). The molecular formula is C35H39O7P. The van der Waals surface area contributed by atoms with Crippen molar-refractivity contribution in [1.82, 2.24) is 0 Å². The summed E-state index contributed by atoms with van der Waals surface area (Å²) in [5.74, 6) is -2.16. The van der Waals surface area contributed by atoms with Gasteiger partial charge in [-0.1, -0.05) is 0 Å². The third kappa shape index (κ3) is 10.7. The molecule has 1 unspecified atom stereocenters. The molecule has 0 radical (unpaired) electrons. The van der Waals surface area contributed by atoms with E-state index in [0.29, 0.717) is 5.56 Å². The average molecular weight is 603 g/mol. The van der Waals surface area contributed by atoms with Gasteiger partial charge in [0.15, 0.2) is 0 Å². The van der Waals surface area contributed by atoms with Crippen LogP contribution in [0.15, 0.2) is 115 Å². The summed E-state index contributed by atoms with van der Waals surface area (Å²) in [5.41, 5.74) is 4.10. The Morgan fingerprint density at radius 2 is 1.14 bits per heavy atom. The van der Waals surface area contributed by atoms with E-state index >= 15 is 0 Å². The second kappa shape index (κ2) is 15.0. The van der Waals surface area contributed by atoms with Crippen LogP contribution in [0.3, 0.4) is 0 Å². The second-order valence-corrected chi connectivity index (χ2v) is 14.4. The molecule has 0 aliphatic heterocycles. The molecule has 0 fully saturated rings. The third-order valence-corrected chi connectivity index (χ3v) is 9.98. The van der Waals surface area contributed by atoms with Gasteiger partial charge in [-0.3, -0.25) is 0 Å². The number of benzene rings is 4. The van der Waals surface area contributed by atoms with Gasteiger partial charge in [-0.05, 0) is 0 Å². The molecule has 0 spiro atoms. The van der Waals surface area contributed by atoms with Crippen LogP contribution in [0.25, 0.3) is 0 Å². The molecule has 0 aliphatic carbocycles. The van der Waals surface area contributed by atoms with Gasteiger partial charge in [-0.2, -0.15) is 0 Å². The summed E-state index contributed by atoms with van der Waals surface area (Å²) in [6.07, 6.45) is -0.679. The molecule has 0 saturated carbocycles. The molecule has 7 nitrogen and oxygen atoms in total. The third-order valence-electron chi connectivity index (χ3n) is 7.08. The fourth-order valence-corrected chi connectivity index (χ4v) is 7.63. The summed E-state index contributed by atoms with van der Waals surface area (Å²) in [4.78, 5) is 50.2. The van der Waals surface area contributed by atoms with Crippen molar-refractivity contribution in [3.63, 3.8) is 0 Å². The Morgan fingerprint density at radius 1 is 0.651 bits per heavy atom. The maximum absolute atomic E-state index is 13.5. The Morgan fingerprint density at radius 3 is 1.67 bits per heavy atom. The van der Waals surface area contributed by atoms with E-state index < -0.39 is 31.3 Å². The SMILES string of the molecule is Cc1ccc(CP(O)(O)(CC(CCC(=O)OCc2ccccc2)C(=O)OCc2ccccc2)OCc2ccccc2)cc1. The fourth-order valence-electron chi connectivity index (χ4n) is 4.70. The zero-order chi connectivity index (χ0) is 30.6. The quantitative estimate of drug-likeness (QED) is 0.113. The zero-order valence-corrected chi connectivity index (χ0v) is 25.3. The number of aryl methyl sites for hydroxylation is 1. The molecule has 1 atom stereocenters. The van der Waals surface area contributed by atoms with Gasteiger partial charge in [-0.15, -0.1) is 0 Å².